The molecule has 10 heteroatoms. The van der Waals surface area contributed by atoms with Gasteiger partial charge in [-0.25, -0.2) is 4.79 Å². The Morgan fingerprint density at radius 2 is 1.76 bits per heavy atom. The van der Waals surface area contributed by atoms with Gasteiger partial charge in [-0.05, 0) is 56.1 Å². The van der Waals surface area contributed by atoms with Crippen LogP contribution in [0.5, 0.6) is 0 Å². The van der Waals surface area contributed by atoms with Crippen LogP contribution in [0.2, 0.25) is 0 Å². The van der Waals surface area contributed by atoms with Gasteiger partial charge >= 0.3 is 5.97 Å². The third kappa shape index (κ3) is 5.79. The van der Waals surface area contributed by atoms with Gasteiger partial charge in [-0.1, -0.05) is 32.0 Å². The number of aromatic amines is 1. The van der Waals surface area contributed by atoms with E-state index in [1.807, 2.05) is 44.3 Å². The molecule has 0 bridgehead atoms. The Hall–Kier alpha value is -3.40. The van der Waals surface area contributed by atoms with Crippen molar-refractivity contribution in [2.24, 2.45) is 11.7 Å². The summed E-state index contributed by atoms with van der Waals surface area (Å²) in [5.41, 5.74) is 8.16. The zero-order chi connectivity index (χ0) is 26.7. The first-order chi connectivity index (χ1) is 17.7. The summed E-state index contributed by atoms with van der Waals surface area (Å²) in [5.74, 6) is -1.96. The predicted octanol–water partition coefficient (Wildman–Crippen LogP) is 1.64. The average molecular weight is 512 g/mol. The van der Waals surface area contributed by atoms with Crippen LogP contribution >= 0.6 is 0 Å². The maximum absolute atomic E-state index is 13.7. The molecule has 3 amide bonds. The van der Waals surface area contributed by atoms with Crippen molar-refractivity contribution in [3.8, 4) is 0 Å². The fourth-order valence-electron chi connectivity index (χ4n) is 5.57. The lowest BCUT2D eigenvalue weighted by atomic mass is 10.0. The number of nitrogens with one attached hydrogen (secondary N) is 2. The fraction of sp³-hybridized carbons (Fsp3) is 0.556. The second-order valence-corrected chi connectivity index (χ2v) is 10.6. The number of fused-ring (bicyclic) bond motifs is 1. The summed E-state index contributed by atoms with van der Waals surface area (Å²) in [4.78, 5) is 57.8. The lowest BCUT2D eigenvalue weighted by Crippen LogP contribution is -2.57. The van der Waals surface area contributed by atoms with Gasteiger partial charge in [0, 0.05) is 30.2 Å². The number of hydrogen-bond donors (Lipinski definition) is 4. The first-order valence-electron chi connectivity index (χ1n) is 13.1. The quantitative estimate of drug-likeness (QED) is 0.402. The van der Waals surface area contributed by atoms with Crippen LogP contribution in [-0.4, -0.2) is 80.8 Å². The molecule has 4 atom stereocenters. The van der Waals surface area contributed by atoms with E-state index in [0.717, 1.165) is 16.5 Å². The number of likely N-dealkylation sites (tertiary alicyclic amines) is 2. The number of para-hydroxylation sites is 1. The number of nitrogens with zero attached hydrogens (tertiary/aromatic N) is 2. The van der Waals surface area contributed by atoms with Crippen LogP contribution in [0.3, 0.4) is 0 Å². The normalized spacial score (nSPS) is 21.4. The van der Waals surface area contributed by atoms with Crippen molar-refractivity contribution < 1.29 is 24.3 Å². The summed E-state index contributed by atoms with van der Waals surface area (Å²) >= 11 is 0. The molecule has 4 unspecified atom stereocenters. The number of amides is 3. The first kappa shape index (κ1) is 26.7. The average Bonchev–Trinajstić information content (AvgIpc) is 3.62. The summed E-state index contributed by atoms with van der Waals surface area (Å²) in [6.07, 6.45) is 4.74. The number of aromatic nitrogens is 1. The van der Waals surface area contributed by atoms with E-state index in [4.69, 9.17) is 5.73 Å². The molecule has 2 fully saturated rings. The van der Waals surface area contributed by atoms with Crippen LogP contribution in [0.25, 0.3) is 10.9 Å². The number of H-pyrrole nitrogens is 1. The number of carboxylic acids is 1. The van der Waals surface area contributed by atoms with E-state index in [9.17, 15) is 24.3 Å². The van der Waals surface area contributed by atoms with E-state index < -0.39 is 36.0 Å². The van der Waals surface area contributed by atoms with Gasteiger partial charge in [-0.15, -0.1) is 0 Å². The van der Waals surface area contributed by atoms with Crippen molar-refractivity contribution in [1.29, 1.82) is 0 Å². The van der Waals surface area contributed by atoms with Crippen molar-refractivity contribution in [3.63, 3.8) is 0 Å². The standard InChI is InChI=1S/C27H37N5O5/c1-16(2)13-21(30-24(33)19(28)14-17-15-29-20-8-4-3-7-18(17)20)25(34)31-11-5-9-22(31)26(35)32-12-6-10-23(32)27(36)37/h3-4,7-8,15-16,19,21-23,29H,5-6,9-14,28H2,1-2H3,(H,30,33)(H,36,37). The Bertz CT molecular complexity index is 1160. The van der Waals surface area contributed by atoms with E-state index in [2.05, 4.69) is 10.3 Å². The van der Waals surface area contributed by atoms with Crippen LogP contribution < -0.4 is 11.1 Å². The van der Waals surface area contributed by atoms with Gasteiger partial charge in [-0.3, -0.25) is 14.4 Å². The fourth-order valence-corrected chi connectivity index (χ4v) is 5.57. The molecule has 2 aliphatic rings. The molecule has 1 aromatic heterocycles. The predicted molar refractivity (Wildman–Crippen MR) is 138 cm³/mol. The van der Waals surface area contributed by atoms with Crippen molar-refractivity contribution in [3.05, 3.63) is 36.0 Å². The molecule has 2 aromatic rings. The smallest absolute Gasteiger partial charge is 0.326 e. The molecule has 4 rings (SSSR count). The molecule has 2 saturated heterocycles. The molecule has 37 heavy (non-hydrogen) atoms. The first-order valence-corrected chi connectivity index (χ1v) is 13.1. The van der Waals surface area contributed by atoms with E-state index in [1.165, 1.54) is 9.80 Å². The highest BCUT2D eigenvalue weighted by atomic mass is 16.4. The van der Waals surface area contributed by atoms with Crippen molar-refractivity contribution in [2.75, 3.05) is 13.1 Å². The van der Waals surface area contributed by atoms with E-state index in [0.29, 0.717) is 51.6 Å². The molecule has 0 spiro atoms. The molecule has 0 radical (unpaired) electrons. The molecular formula is C27H37N5O5. The van der Waals surface area contributed by atoms with Gasteiger partial charge in [0.15, 0.2) is 0 Å². The Morgan fingerprint density at radius 3 is 2.46 bits per heavy atom. The third-order valence-electron chi connectivity index (χ3n) is 7.42. The van der Waals surface area contributed by atoms with Gasteiger partial charge in [0.2, 0.25) is 17.7 Å². The number of aliphatic carboxylic acids is 1. The molecule has 5 N–H and O–H groups in total. The molecule has 1 aromatic carbocycles. The lowest BCUT2D eigenvalue weighted by molar-refractivity contribution is -0.152. The minimum Gasteiger partial charge on any atom is -0.480 e. The Balaban J connectivity index is 1.45. The Labute approximate surface area is 216 Å². The van der Waals surface area contributed by atoms with Gasteiger partial charge in [-0.2, -0.15) is 0 Å². The topological polar surface area (TPSA) is 149 Å². The molecule has 10 nitrogen and oxygen atoms in total. The zero-order valence-corrected chi connectivity index (χ0v) is 21.5. The van der Waals surface area contributed by atoms with Gasteiger partial charge < -0.3 is 30.9 Å². The number of carboxylic acid groups (broad SMARTS) is 1. The van der Waals surface area contributed by atoms with E-state index >= 15 is 0 Å². The highest BCUT2D eigenvalue weighted by Crippen LogP contribution is 2.26. The maximum atomic E-state index is 13.7. The van der Waals surface area contributed by atoms with Crippen LogP contribution in [-0.2, 0) is 25.6 Å². The molecule has 2 aliphatic heterocycles. The van der Waals surface area contributed by atoms with Crippen LogP contribution in [0.15, 0.2) is 30.5 Å². The minimum atomic E-state index is -1.02. The van der Waals surface area contributed by atoms with Crippen molar-refractivity contribution >= 4 is 34.6 Å². The summed E-state index contributed by atoms with van der Waals surface area (Å²) in [5, 5.41) is 13.4. The number of rotatable bonds is 9. The Morgan fingerprint density at radius 1 is 1.08 bits per heavy atom. The van der Waals surface area contributed by atoms with Gasteiger partial charge in [0.1, 0.15) is 18.1 Å². The lowest BCUT2D eigenvalue weighted by Gasteiger charge is -2.33. The number of benzene rings is 1. The Kier molecular flexibility index (Phi) is 8.16. The highest BCUT2D eigenvalue weighted by Gasteiger charge is 2.43. The number of hydrogen-bond acceptors (Lipinski definition) is 5. The number of carbonyl (C=O) groups excluding carboxylic acids is 3. The molecule has 0 aliphatic carbocycles. The van der Waals surface area contributed by atoms with Crippen LogP contribution in [0.4, 0.5) is 0 Å². The SMILES string of the molecule is CC(C)CC(NC(=O)C(N)Cc1c[nH]c2ccccc12)C(=O)N1CCCC1C(=O)N1CCCC1C(=O)O. The van der Waals surface area contributed by atoms with Gasteiger partial charge in [0.05, 0.1) is 6.04 Å². The summed E-state index contributed by atoms with van der Waals surface area (Å²) in [7, 11) is 0. The van der Waals surface area contributed by atoms with E-state index in [-0.39, 0.29) is 17.7 Å². The van der Waals surface area contributed by atoms with Crippen molar-refractivity contribution in [1.82, 2.24) is 20.1 Å². The molecule has 0 saturated carbocycles. The summed E-state index contributed by atoms with van der Waals surface area (Å²) < 4.78 is 0. The monoisotopic (exact) mass is 511 g/mol. The second-order valence-electron chi connectivity index (χ2n) is 10.6. The van der Waals surface area contributed by atoms with Crippen molar-refractivity contribution in [2.45, 2.75) is 76.5 Å². The minimum absolute atomic E-state index is 0.116. The number of carbonyl (C=O) groups is 4. The number of nitrogens with two attached hydrogens (primary N) is 1. The molecule has 3 heterocycles. The largest absolute Gasteiger partial charge is 0.480 e. The molecular weight excluding hydrogens is 474 g/mol. The summed E-state index contributed by atoms with van der Waals surface area (Å²) in [6, 6.07) is 4.56. The van der Waals surface area contributed by atoms with Crippen LogP contribution in [0.1, 0.15) is 51.5 Å². The molecule has 200 valence electrons. The van der Waals surface area contributed by atoms with Gasteiger partial charge in [0.25, 0.3) is 0 Å². The summed E-state index contributed by atoms with van der Waals surface area (Å²) in [6.45, 7) is 4.70. The maximum Gasteiger partial charge on any atom is 0.326 e. The zero-order valence-electron chi connectivity index (χ0n) is 21.5. The highest BCUT2D eigenvalue weighted by molar-refractivity contribution is 5.95. The van der Waals surface area contributed by atoms with Crippen LogP contribution in [0, 0.1) is 5.92 Å². The third-order valence-corrected chi connectivity index (χ3v) is 7.42. The van der Waals surface area contributed by atoms with E-state index in [1.54, 1.807) is 0 Å². The second kappa shape index (κ2) is 11.3.